The van der Waals surface area contributed by atoms with Crippen LogP contribution in [-0.4, -0.2) is 7.11 Å². The van der Waals surface area contributed by atoms with Crippen molar-refractivity contribution in [1.29, 1.82) is 5.26 Å². The van der Waals surface area contributed by atoms with E-state index in [0.29, 0.717) is 12.3 Å². The predicted octanol–water partition coefficient (Wildman–Crippen LogP) is 3.65. The molecule has 0 bridgehead atoms. The number of halogens is 1. The lowest BCUT2D eigenvalue weighted by Gasteiger charge is -2.13. The van der Waals surface area contributed by atoms with Gasteiger partial charge in [0.1, 0.15) is 5.75 Å². The molecule has 0 heterocycles. The Hall–Kier alpha value is -1.01. The van der Waals surface area contributed by atoms with Crippen molar-refractivity contribution in [3.63, 3.8) is 0 Å². The number of ether oxygens (including phenoxy) is 1. The summed E-state index contributed by atoms with van der Waals surface area (Å²) in [4.78, 5) is 0. The monoisotopic (exact) mass is 267 g/mol. The number of nitriles is 1. The predicted molar refractivity (Wildman–Crippen MR) is 64.1 cm³/mol. The second-order valence-corrected chi connectivity index (χ2v) is 4.54. The Morgan fingerprint density at radius 2 is 2.13 bits per heavy atom. The van der Waals surface area contributed by atoms with Crippen molar-refractivity contribution in [3.8, 4) is 11.8 Å². The summed E-state index contributed by atoms with van der Waals surface area (Å²) >= 11 is 3.46. The molecule has 0 aromatic heterocycles. The molecule has 0 N–H and O–H groups in total. The fraction of sp³-hybridized carbons (Fsp3) is 0.417. The first-order valence-electron chi connectivity index (χ1n) is 4.83. The lowest BCUT2D eigenvalue weighted by atomic mass is 9.99. The minimum absolute atomic E-state index is 0.377. The Balaban J connectivity index is 3.26. The molecular formula is C12H14BrNO. The molecule has 15 heavy (non-hydrogen) atoms. The summed E-state index contributed by atoms with van der Waals surface area (Å²) in [6.07, 6.45) is 0.377. The molecule has 0 saturated heterocycles. The average molecular weight is 268 g/mol. The molecule has 0 aliphatic heterocycles. The molecule has 1 rings (SSSR count). The van der Waals surface area contributed by atoms with Gasteiger partial charge in [-0.05, 0) is 33.5 Å². The quantitative estimate of drug-likeness (QED) is 0.838. The van der Waals surface area contributed by atoms with Crippen LogP contribution in [0.15, 0.2) is 16.6 Å². The molecule has 0 amide bonds. The smallest absolute Gasteiger partial charge is 0.137 e. The Kier molecular flexibility index (Phi) is 4.16. The number of hydrogen-bond donors (Lipinski definition) is 0. The average Bonchev–Trinajstić information content (AvgIpc) is 2.17. The lowest BCUT2D eigenvalue weighted by Crippen LogP contribution is -1.96. The summed E-state index contributed by atoms with van der Waals surface area (Å²) in [5.74, 6) is 1.21. The van der Waals surface area contributed by atoms with Gasteiger partial charge >= 0.3 is 0 Å². The summed E-state index contributed by atoms with van der Waals surface area (Å²) in [5, 5.41) is 8.74. The fourth-order valence-corrected chi connectivity index (χ4v) is 2.13. The maximum Gasteiger partial charge on any atom is 0.137 e. The van der Waals surface area contributed by atoms with Crippen molar-refractivity contribution >= 4 is 15.9 Å². The van der Waals surface area contributed by atoms with Gasteiger partial charge in [0.2, 0.25) is 0 Å². The van der Waals surface area contributed by atoms with Crippen LogP contribution in [0.2, 0.25) is 0 Å². The first kappa shape index (κ1) is 12.1. The number of benzene rings is 1. The van der Waals surface area contributed by atoms with Gasteiger partial charge in [-0.3, -0.25) is 0 Å². The highest BCUT2D eigenvalue weighted by Gasteiger charge is 2.11. The first-order chi connectivity index (χ1) is 7.10. The van der Waals surface area contributed by atoms with E-state index in [1.807, 2.05) is 12.1 Å². The molecule has 80 valence electrons. The van der Waals surface area contributed by atoms with E-state index >= 15 is 0 Å². The molecule has 1 aromatic carbocycles. The van der Waals surface area contributed by atoms with Gasteiger partial charge in [0.05, 0.1) is 24.1 Å². The van der Waals surface area contributed by atoms with E-state index in [1.54, 1.807) is 7.11 Å². The maximum atomic E-state index is 8.74. The third-order valence-electron chi connectivity index (χ3n) is 2.28. The molecule has 0 aliphatic carbocycles. The van der Waals surface area contributed by atoms with Crippen LogP contribution in [0.3, 0.4) is 0 Å². The minimum atomic E-state index is 0.377. The molecule has 0 atom stereocenters. The topological polar surface area (TPSA) is 33.0 Å². The van der Waals surface area contributed by atoms with Crippen LogP contribution in [0.4, 0.5) is 0 Å². The van der Waals surface area contributed by atoms with Crippen LogP contribution >= 0.6 is 15.9 Å². The van der Waals surface area contributed by atoms with E-state index in [-0.39, 0.29) is 0 Å². The fourth-order valence-electron chi connectivity index (χ4n) is 1.45. The third kappa shape index (κ3) is 2.73. The number of nitrogens with zero attached hydrogens (tertiary/aromatic N) is 1. The zero-order valence-electron chi connectivity index (χ0n) is 9.17. The highest BCUT2D eigenvalue weighted by atomic mass is 79.9. The van der Waals surface area contributed by atoms with Crippen LogP contribution in [-0.2, 0) is 6.42 Å². The van der Waals surface area contributed by atoms with Crippen molar-refractivity contribution in [1.82, 2.24) is 0 Å². The van der Waals surface area contributed by atoms with Crippen molar-refractivity contribution < 1.29 is 4.74 Å². The lowest BCUT2D eigenvalue weighted by molar-refractivity contribution is 0.408. The van der Waals surface area contributed by atoms with Crippen LogP contribution in [0.1, 0.15) is 30.9 Å². The molecule has 0 fully saturated rings. The van der Waals surface area contributed by atoms with Crippen molar-refractivity contribution in [2.75, 3.05) is 7.11 Å². The second kappa shape index (κ2) is 5.18. The van der Waals surface area contributed by atoms with Crippen LogP contribution in [0.25, 0.3) is 0 Å². The highest BCUT2D eigenvalue weighted by molar-refractivity contribution is 9.10. The standard InChI is InChI=1S/C12H14BrNO/c1-8(2)10-6-9(4-5-14)12(15-3)11(13)7-10/h6-8H,4H2,1-3H3. The van der Waals surface area contributed by atoms with Crippen LogP contribution in [0.5, 0.6) is 5.75 Å². The minimum Gasteiger partial charge on any atom is -0.495 e. The molecule has 0 aliphatic rings. The summed E-state index contributed by atoms with van der Waals surface area (Å²) in [5.41, 5.74) is 2.16. The maximum absolute atomic E-state index is 8.74. The summed E-state index contributed by atoms with van der Waals surface area (Å²) in [7, 11) is 1.62. The Labute approximate surface area is 99.0 Å². The van der Waals surface area contributed by atoms with Gasteiger partial charge in [0.25, 0.3) is 0 Å². The Morgan fingerprint density at radius 1 is 1.47 bits per heavy atom. The van der Waals surface area contributed by atoms with Gasteiger partial charge in [0, 0.05) is 5.56 Å². The SMILES string of the molecule is COc1c(Br)cc(C(C)C)cc1CC#N. The summed E-state index contributed by atoms with van der Waals surface area (Å²) < 4.78 is 6.18. The van der Waals surface area contributed by atoms with E-state index in [2.05, 4.69) is 35.8 Å². The van der Waals surface area contributed by atoms with Crippen molar-refractivity contribution in [3.05, 3.63) is 27.7 Å². The van der Waals surface area contributed by atoms with E-state index in [1.165, 1.54) is 5.56 Å². The zero-order valence-corrected chi connectivity index (χ0v) is 10.8. The molecular weight excluding hydrogens is 254 g/mol. The largest absolute Gasteiger partial charge is 0.495 e. The van der Waals surface area contributed by atoms with Gasteiger partial charge in [0.15, 0.2) is 0 Å². The van der Waals surface area contributed by atoms with Gasteiger partial charge in [-0.25, -0.2) is 0 Å². The molecule has 0 spiro atoms. The first-order valence-corrected chi connectivity index (χ1v) is 5.62. The van der Waals surface area contributed by atoms with Crippen molar-refractivity contribution in [2.45, 2.75) is 26.2 Å². The van der Waals surface area contributed by atoms with Crippen LogP contribution in [0, 0.1) is 11.3 Å². The summed E-state index contributed by atoms with van der Waals surface area (Å²) in [6.45, 7) is 4.26. The number of rotatable bonds is 3. The summed E-state index contributed by atoms with van der Waals surface area (Å²) in [6, 6.07) is 6.24. The van der Waals surface area contributed by atoms with Crippen LogP contribution < -0.4 is 4.74 Å². The Morgan fingerprint density at radius 3 is 2.60 bits per heavy atom. The Bertz CT molecular complexity index is 393. The third-order valence-corrected chi connectivity index (χ3v) is 2.87. The molecule has 3 heteroatoms. The molecule has 2 nitrogen and oxygen atoms in total. The van der Waals surface area contributed by atoms with E-state index in [9.17, 15) is 0 Å². The highest BCUT2D eigenvalue weighted by Crippen LogP contribution is 2.33. The van der Waals surface area contributed by atoms with Crippen molar-refractivity contribution in [2.24, 2.45) is 0 Å². The van der Waals surface area contributed by atoms with Gasteiger partial charge < -0.3 is 4.74 Å². The second-order valence-electron chi connectivity index (χ2n) is 3.68. The van der Waals surface area contributed by atoms with E-state index in [0.717, 1.165) is 15.8 Å². The normalized spacial score (nSPS) is 10.1. The van der Waals surface area contributed by atoms with Gasteiger partial charge in [-0.15, -0.1) is 0 Å². The molecule has 0 saturated carbocycles. The van der Waals surface area contributed by atoms with Gasteiger partial charge in [-0.1, -0.05) is 19.9 Å². The number of methoxy groups -OCH3 is 1. The van der Waals surface area contributed by atoms with Gasteiger partial charge in [-0.2, -0.15) is 5.26 Å². The molecule has 1 aromatic rings. The zero-order chi connectivity index (χ0) is 11.4. The van der Waals surface area contributed by atoms with E-state index < -0.39 is 0 Å². The van der Waals surface area contributed by atoms with E-state index in [4.69, 9.17) is 10.00 Å². The molecule has 0 unspecified atom stereocenters. The number of hydrogen-bond acceptors (Lipinski definition) is 2. The molecule has 0 radical (unpaired) electrons.